The molecule has 0 heterocycles. The molecular formula is C30H44FN3O4. The molecule has 0 aromatic heterocycles. The summed E-state index contributed by atoms with van der Waals surface area (Å²) in [5.41, 5.74) is 2.23. The highest BCUT2D eigenvalue weighted by Crippen LogP contribution is 2.14. The number of hydrogen-bond acceptors (Lipinski definition) is 5. The number of aliphatic hydroxyl groups excluding tert-OH is 1. The van der Waals surface area contributed by atoms with Crippen molar-refractivity contribution < 1.29 is 23.8 Å². The van der Waals surface area contributed by atoms with Crippen LogP contribution < -0.4 is 15.4 Å². The predicted molar refractivity (Wildman–Crippen MR) is 148 cm³/mol. The van der Waals surface area contributed by atoms with E-state index in [9.17, 15) is 19.1 Å². The van der Waals surface area contributed by atoms with E-state index in [1.807, 2.05) is 49.1 Å². The monoisotopic (exact) mass is 529 g/mol. The Morgan fingerprint density at radius 2 is 1.79 bits per heavy atom. The van der Waals surface area contributed by atoms with Crippen molar-refractivity contribution in [1.82, 2.24) is 15.5 Å². The van der Waals surface area contributed by atoms with Crippen molar-refractivity contribution in [2.75, 3.05) is 26.7 Å². The average molecular weight is 530 g/mol. The van der Waals surface area contributed by atoms with Gasteiger partial charge in [-0.3, -0.25) is 9.59 Å². The van der Waals surface area contributed by atoms with Crippen molar-refractivity contribution in [1.29, 1.82) is 0 Å². The zero-order valence-corrected chi connectivity index (χ0v) is 23.3. The number of carbonyl (C=O) groups is 2. The molecule has 0 aliphatic carbocycles. The van der Waals surface area contributed by atoms with Gasteiger partial charge in [-0.1, -0.05) is 38.1 Å². The van der Waals surface area contributed by atoms with E-state index < -0.39 is 12.1 Å². The molecule has 0 aliphatic heterocycles. The first kappa shape index (κ1) is 31.2. The van der Waals surface area contributed by atoms with Gasteiger partial charge in [-0.25, -0.2) is 4.39 Å². The molecule has 0 radical (unpaired) electrons. The summed E-state index contributed by atoms with van der Waals surface area (Å²) in [6.45, 7) is 7.98. The predicted octanol–water partition coefficient (Wildman–Crippen LogP) is 4.14. The smallest absolute Gasteiger partial charge is 0.222 e. The molecule has 2 rings (SSSR count). The van der Waals surface area contributed by atoms with E-state index >= 15 is 0 Å². The molecule has 38 heavy (non-hydrogen) atoms. The summed E-state index contributed by atoms with van der Waals surface area (Å²) >= 11 is 0. The second kappa shape index (κ2) is 16.8. The Morgan fingerprint density at radius 3 is 2.45 bits per heavy atom. The zero-order chi connectivity index (χ0) is 27.9. The first-order chi connectivity index (χ1) is 18.3. The number of benzene rings is 2. The van der Waals surface area contributed by atoms with Crippen molar-refractivity contribution >= 4 is 11.8 Å². The van der Waals surface area contributed by atoms with E-state index in [2.05, 4.69) is 10.6 Å². The molecule has 7 nitrogen and oxygen atoms in total. The van der Waals surface area contributed by atoms with Crippen LogP contribution in [0.5, 0.6) is 5.75 Å². The van der Waals surface area contributed by atoms with Crippen LogP contribution in [0.25, 0.3) is 0 Å². The number of nitrogens with one attached hydrogen (secondary N) is 2. The van der Waals surface area contributed by atoms with Gasteiger partial charge < -0.3 is 25.4 Å². The van der Waals surface area contributed by atoms with Gasteiger partial charge in [0.15, 0.2) is 0 Å². The molecule has 210 valence electrons. The minimum Gasteiger partial charge on any atom is -0.497 e. The standard InChI is InChI=1S/C30H44FN3O4/c1-5-15-34(16-6-2)30(37)12-8-11-29(36)33-27(19-23-14-13-22(3)26(31)18-23)28(35)21-32-20-24-9-7-10-25(17-24)38-4/h7,9-10,13-14,17-18,27-28,32,35H,5-6,8,11-12,15-16,19-21H2,1-4H3,(H,33,36)/t27-,28+/m0/s1. The SMILES string of the molecule is CCCN(CCC)C(=O)CCCC(=O)N[C@@H](Cc1ccc(C)c(F)c1)[C@H](O)CNCc1cccc(OC)c1. The molecule has 2 amide bonds. The van der Waals surface area contributed by atoms with Gasteiger partial charge in [-0.2, -0.15) is 0 Å². The maximum atomic E-state index is 14.2. The van der Waals surface area contributed by atoms with Crippen molar-refractivity contribution in [3.63, 3.8) is 0 Å². The molecule has 0 saturated carbocycles. The number of rotatable bonds is 17. The topological polar surface area (TPSA) is 90.9 Å². The summed E-state index contributed by atoms with van der Waals surface area (Å²) in [7, 11) is 1.61. The molecule has 2 atom stereocenters. The minimum absolute atomic E-state index is 0.0648. The third kappa shape index (κ3) is 10.8. The number of halogens is 1. The van der Waals surface area contributed by atoms with Gasteiger partial charge in [0.1, 0.15) is 11.6 Å². The Kier molecular flexibility index (Phi) is 13.8. The van der Waals surface area contributed by atoms with Gasteiger partial charge >= 0.3 is 0 Å². The third-order valence-electron chi connectivity index (χ3n) is 6.45. The maximum Gasteiger partial charge on any atom is 0.222 e. The van der Waals surface area contributed by atoms with Crippen molar-refractivity contribution in [2.24, 2.45) is 0 Å². The van der Waals surface area contributed by atoms with Gasteiger partial charge in [0.25, 0.3) is 0 Å². The highest BCUT2D eigenvalue weighted by atomic mass is 19.1. The molecular weight excluding hydrogens is 485 g/mol. The number of ether oxygens (including phenoxy) is 1. The van der Waals surface area contributed by atoms with Gasteiger partial charge in [-0.15, -0.1) is 0 Å². The molecule has 3 N–H and O–H groups in total. The van der Waals surface area contributed by atoms with E-state index in [0.717, 1.165) is 37.2 Å². The Morgan fingerprint density at radius 1 is 1.05 bits per heavy atom. The van der Waals surface area contributed by atoms with Crippen molar-refractivity contribution in [3.8, 4) is 5.75 Å². The molecule has 0 spiro atoms. The minimum atomic E-state index is -0.903. The summed E-state index contributed by atoms with van der Waals surface area (Å²) in [4.78, 5) is 27.1. The van der Waals surface area contributed by atoms with Crippen molar-refractivity contribution in [3.05, 3.63) is 65.0 Å². The van der Waals surface area contributed by atoms with E-state index in [1.165, 1.54) is 6.07 Å². The highest BCUT2D eigenvalue weighted by molar-refractivity contribution is 5.79. The fourth-order valence-corrected chi connectivity index (χ4v) is 4.33. The van der Waals surface area contributed by atoms with Crippen LogP contribution >= 0.6 is 0 Å². The molecule has 8 heteroatoms. The third-order valence-corrected chi connectivity index (χ3v) is 6.45. The molecule has 0 unspecified atom stereocenters. The van der Waals surface area contributed by atoms with Crippen LogP contribution in [0.3, 0.4) is 0 Å². The fraction of sp³-hybridized carbons (Fsp3) is 0.533. The molecule has 0 bridgehead atoms. The van der Waals surface area contributed by atoms with E-state index in [0.29, 0.717) is 30.5 Å². The number of carbonyl (C=O) groups excluding carboxylic acids is 2. The summed E-state index contributed by atoms with van der Waals surface area (Å²) < 4.78 is 19.4. The van der Waals surface area contributed by atoms with Crippen LogP contribution in [-0.2, 0) is 22.6 Å². The molecule has 2 aromatic carbocycles. The van der Waals surface area contributed by atoms with Gasteiger partial charge in [0, 0.05) is 39.0 Å². The lowest BCUT2D eigenvalue weighted by atomic mass is 9.99. The van der Waals surface area contributed by atoms with Crippen LogP contribution in [-0.4, -0.2) is 60.7 Å². The quantitative estimate of drug-likeness (QED) is 0.287. The van der Waals surface area contributed by atoms with E-state index in [4.69, 9.17) is 4.74 Å². The number of nitrogens with zero attached hydrogens (tertiary/aromatic N) is 1. The van der Waals surface area contributed by atoms with Crippen LogP contribution in [0.15, 0.2) is 42.5 Å². The zero-order valence-electron chi connectivity index (χ0n) is 23.3. The Hall–Kier alpha value is -2.97. The Bertz CT molecular complexity index is 1010. The highest BCUT2D eigenvalue weighted by Gasteiger charge is 2.22. The van der Waals surface area contributed by atoms with Gasteiger partial charge in [-0.05, 0) is 67.5 Å². The maximum absolute atomic E-state index is 14.2. The lowest BCUT2D eigenvalue weighted by Crippen LogP contribution is -2.48. The largest absolute Gasteiger partial charge is 0.497 e. The van der Waals surface area contributed by atoms with Gasteiger partial charge in [0.05, 0.1) is 19.3 Å². The summed E-state index contributed by atoms with van der Waals surface area (Å²) in [6, 6.07) is 12.0. The summed E-state index contributed by atoms with van der Waals surface area (Å²) in [5, 5.41) is 17.1. The second-order valence-corrected chi connectivity index (χ2v) is 9.75. The number of aliphatic hydroxyl groups is 1. The van der Waals surface area contributed by atoms with Crippen LogP contribution in [0.2, 0.25) is 0 Å². The number of aryl methyl sites for hydroxylation is 1. The van der Waals surface area contributed by atoms with Crippen LogP contribution in [0.4, 0.5) is 4.39 Å². The first-order valence-electron chi connectivity index (χ1n) is 13.6. The van der Waals surface area contributed by atoms with Crippen molar-refractivity contribution in [2.45, 2.75) is 78.0 Å². The van der Waals surface area contributed by atoms with E-state index in [-0.39, 0.29) is 37.0 Å². The molecule has 0 fully saturated rings. The lowest BCUT2D eigenvalue weighted by Gasteiger charge is -2.25. The number of amides is 2. The van der Waals surface area contributed by atoms with Crippen LogP contribution in [0.1, 0.15) is 62.6 Å². The summed E-state index contributed by atoms with van der Waals surface area (Å²) in [5.74, 6) is 0.262. The normalized spacial score (nSPS) is 12.6. The fourth-order valence-electron chi connectivity index (χ4n) is 4.33. The van der Waals surface area contributed by atoms with Crippen LogP contribution in [0, 0.1) is 12.7 Å². The average Bonchev–Trinajstić information content (AvgIpc) is 2.90. The second-order valence-electron chi connectivity index (χ2n) is 9.75. The number of hydrogen-bond donors (Lipinski definition) is 3. The lowest BCUT2D eigenvalue weighted by molar-refractivity contribution is -0.131. The molecule has 0 aliphatic rings. The molecule has 0 saturated heterocycles. The number of methoxy groups -OCH3 is 1. The first-order valence-corrected chi connectivity index (χ1v) is 13.6. The summed E-state index contributed by atoms with van der Waals surface area (Å²) in [6.07, 6.45) is 2.11. The van der Waals surface area contributed by atoms with E-state index in [1.54, 1.807) is 20.1 Å². The molecule has 2 aromatic rings. The Balaban J connectivity index is 1.97. The van der Waals surface area contributed by atoms with Gasteiger partial charge in [0.2, 0.25) is 11.8 Å². The Labute approximate surface area is 226 Å².